The van der Waals surface area contributed by atoms with Crippen LogP contribution in [-0.4, -0.2) is 23.5 Å². The third-order valence-corrected chi connectivity index (χ3v) is 6.99. The Labute approximate surface area is 170 Å². The lowest BCUT2D eigenvalue weighted by atomic mass is 9.53. The van der Waals surface area contributed by atoms with Crippen molar-refractivity contribution in [3.63, 3.8) is 0 Å². The Balaban J connectivity index is 1.30. The van der Waals surface area contributed by atoms with Gasteiger partial charge >= 0.3 is 6.03 Å². The summed E-state index contributed by atoms with van der Waals surface area (Å²) in [6, 6.07) is 2.16. The van der Waals surface area contributed by atoms with E-state index < -0.39 is 29.6 Å². The molecule has 1 aromatic carbocycles. The Hall–Kier alpha value is -2.02. The van der Waals surface area contributed by atoms with Crippen molar-refractivity contribution in [2.75, 3.05) is 0 Å². The maximum Gasteiger partial charge on any atom is 0.321 e. The Bertz CT molecular complexity index is 778. The van der Waals surface area contributed by atoms with Gasteiger partial charge in [0.15, 0.2) is 11.6 Å². The van der Waals surface area contributed by atoms with Gasteiger partial charge in [-0.05, 0) is 87.8 Å². The van der Waals surface area contributed by atoms with Crippen LogP contribution in [0.5, 0.6) is 0 Å². The van der Waals surface area contributed by atoms with E-state index in [0.717, 1.165) is 31.4 Å². The summed E-state index contributed by atoms with van der Waals surface area (Å²) in [4.78, 5) is 25.0. The second-order valence-corrected chi connectivity index (χ2v) is 9.42. The molecular formula is C22H29F2N3O2. The van der Waals surface area contributed by atoms with Gasteiger partial charge in [0.2, 0.25) is 5.91 Å². The third-order valence-electron chi connectivity index (χ3n) is 6.99. The van der Waals surface area contributed by atoms with Crippen LogP contribution in [-0.2, 0) is 4.79 Å². The minimum Gasteiger partial charge on any atom is -0.332 e. The van der Waals surface area contributed by atoms with Crippen molar-refractivity contribution in [3.05, 3.63) is 35.4 Å². The Morgan fingerprint density at radius 2 is 1.59 bits per heavy atom. The minimum atomic E-state index is -0.928. The number of halogens is 2. The second-order valence-electron chi connectivity index (χ2n) is 9.42. The highest BCUT2D eigenvalue weighted by molar-refractivity contribution is 5.97. The zero-order valence-corrected chi connectivity index (χ0v) is 16.9. The molecule has 0 aromatic heterocycles. The van der Waals surface area contributed by atoms with Crippen LogP contribution in [0.1, 0.15) is 64.0 Å². The second kappa shape index (κ2) is 7.67. The fourth-order valence-corrected chi connectivity index (χ4v) is 6.08. The van der Waals surface area contributed by atoms with E-state index in [2.05, 4.69) is 16.0 Å². The average molecular weight is 405 g/mol. The number of amides is 3. The summed E-state index contributed by atoms with van der Waals surface area (Å²) in [7, 11) is 0. The zero-order valence-electron chi connectivity index (χ0n) is 16.9. The van der Waals surface area contributed by atoms with E-state index in [1.807, 2.05) is 0 Å². The van der Waals surface area contributed by atoms with Crippen LogP contribution in [0.25, 0.3) is 0 Å². The molecule has 4 aliphatic carbocycles. The number of nitrogens with one attached hydrogen (secondary N) is 3. The van der Waals surface area contributed by atoms with Gasteiger partial charge in [-0.1, -0.05) is 6.07 Å². The first-order valence-corrected chi connectivity index (χ1v) is 10.6. The lowest BCUT2D eigenvalue weighted by Crippen LogP contribution is -2.62. The first-order chi connectivity index (χ1) is 13.7. The molecule has 4 aliphatic rings. The predicted molar refractivity (Wildman–Crippen MR) is 105 cm³/mol. The molecular weight excluding hydrogens is 376 g/mol. The Morgan fingerprint density at radius 3 is 2.14 bits per heavy atom. The van der Waals surface area contributed by atoms with Gasteiger partial charge in [0, 0.05) is 11.6 Å². The van der Waals surface area contributed by atoms with Crippen molar-refractivity contribution in [2.24, 2.45) is 17.8 Å². The van der Waals surface area contributed by atoms with Crippen molar-refractivity contribution in [2.45, 2.75) is 70.0 Å². The molecule has 0 heterocycles. The molecule has 4 bridgehead atoms. The van der Waals surface area contributed by atoms with Gasteiger partial charge in [-0.3, -0.25) is 15.4 Å². The molecule has 5 rings (SSSR count). The van der Waals surface area contributed by atoms with Crippen LogP contribution in [0.15, 0.2) is 18.2 Å². The lowest BCUT2D eigenvalue weighted by molar-refractivity contribution is -0.121. The van der Waals surface area contributed by atoms with E-state index in [-0.39, 0.29) is 11.6 Å². The quantitative estimate of drug-likeness (QED) is 0.698. The van der Waals surface area contributed by atoms with Gasteiger partial charge in [0.25, 0.3) is 0 Å². The molecule has 4 saturated carbocycles. The summed E-state index contributed by atoms with van der Waals surface area (Å²) in [6.07, 6.45) is 6.89. The highest BCUT2D eigenvalue weighted by Gasteiger charge is 2.51. The lowest BCUT2D eigenvalue weighted by Gasteiger charge is -2.56. The summed E-state index contributed by atoms with van der Waals surface area (Å²) in [5.74, 6) is -0.169. The number of imide groups is 1. The van der Waals surface area contributed by atoms with Crippen molar-refractivity contribution >= 4 is 11.9 Å². The third kappa shape index (κ3) is 4.29. The summed E-state index contributed by atoms with van der Waals surface area (Å²) >= 11 is 0. The number of rotatable bonds is 5. The smallest absolute Gasteiger partial charge is 0.321 e. The summed E-state index contributed by atoms with van der Waals surface area (Å²) < 4.78 is 26.5. The fraction of sp³-hybridized carbons (Fsp3) is 0.636. The molecule has 0 radical (unpaired) electrons. The van der Waals surface area contributed by atoms with Gasteiger partial charge in [-0.15, -0.1) is 0 Å². The molecule has 0 aliphatic heterocycles. The molecule has 3 amide bonds. The number of urea groups is 1. The number of carbonyl (C=O) groups excluding carboxylic acids is 2. The van der Waals surface area contributed by atoms with Crippen LogP contribution in [0, 0.1) is 29.4 Å². The van der Waals surface area contributed by atoms with Gasteiger partial charge in [0.1, 0.15) is 0 Å². The summed E-state index contributed by atoms with van der Waals surface area (Å²) in [5.41, 5.74) is 0.371. The van der Waals surface area contributed by atoms with E-state index in [1.54, 1.807) is 13.8 Å². The molecule has 29 heavy (non-hydrogen) atoms. The number of hydrogen-bond acceptors (Lipinski definition) is 3. The van der Waals surface area contributed by atoms with Crippen LogP contribution in [0.4, 0.5) is 13.6 Å². The maximum absolute atomic E-state index is 13.4. The highest BCUT2D eigenvalue weighted by atomic mass is 19.2. The zero-order chi connectivity index (χ0) is 20.8. The maximum atomic E-state index is 13.4. The highest BCUT2D eigenvalue weighted by Crippen LogP contribution is 2.55. The van der Waals surface area contributed by atoms with Crippen molar-refractivity contribution in [1.82, 2.24) is 16.0 Å². The van der Waals surface area contributed by atoms with Crippen molar-refractivity contribution in [1.29, 1.82) is 0 Å². The minimum absolute atomic E-state index is 0.158. The summed E-state index contributed by atoms with van der Waals surface area (Å²) in [5, 5.41) is 8.59. The normalized spacial score (nSPS) is 31.9. The van der Waals surface area contributed by atoms with Crippen molar-refractivity contribution in [3.8, 4) is 0 Å². The van der Waals surface area contributed by atoms with Gasteiger partial charge < -0.3 is 5.32 Å². The number of carbonyl (C=O) groups is 2. The molecule has 0 saturated heterocycles. The van der Waals surface area contributed by atoms with Crippen LogP contribution in [0.2, 0.25) is 0 Å². The molecule has 3 N–H and O–H groups in total. The van der Waals surface area contributed by atoms with Gasteiger partial charge in [-0.2, -0.15) is 0 Å². The van der Waals surface area contributed by atoms with E-state index in [0.29, 0.717) is 23.3 Å². The SMILES string of the molecule is C[C@H](N[C@H](C)c1ccc(F)c(F)c1)C(=O)NC(=O)NC12CC3CC(CC(C3)C1)C2. The molecule has 5 nitrogen and oxygen atoms in total. The van der Waals surface area contributed by atoms with Crippen molar-refractivity contribution < 1.29 is 18.4 Å². The van der Waals surface area contributed by atoms with Crippen LogP contribution >= 0.6 is 0 Å². The molecule has 0 spiro atoms. The predicted octanol–water partition coefficient (Wildman–Crippen LogP) is 3.80. The molecule has 158 valence electrons. The Morgan fingerprint density at radius 1 is 1.00 bits per heavy atom. The van der Waals surface area contributed by atoms with Gasteiger partial charge in [-0.25, -0.2) is 13.6 Å². The molecule has 4 fully saturated rings. The topological polar surface area (TPSA) is 70.2 Å². The first-order valence-electron chi connectivity index (χ1n) is 10.6. The van der Waals surface area contributed by atoms with Gasteiger partial charge in [0.05, 0.1) is 6.04 Å². The molecule has 2 atom stereocenters. The number of hydrogen-bond donors (Lipinski definition) is 3. The largest absolute Gasteiger partial charge is 0.332 e. The fourth-order valence-electron chi connectivity index (χ4n) is 6.08. The monoisotopic (exact) mass is 405 g/mol. The Kier molecular flexibility index (Phi) is 5.36. The van der Waals surface area contributed by atoms with Crippen LogP contribution in [0.3, 0.4) is 0 Å². The molecule has 1 aromatic rings. The average Bonchev–Trinajstić information content (AvgIpc) is 2.62. The number of benzene rings is 1. The van der Waals surface area contributed by atoms with E-state index in [4.69, 9.17) is 0 Å². The van der Waals surface area contributed by atoms with E-state index in [9.17, 15) is 18.4 Å². The molecule has 0 unspecified atom stereocenters. The van der Waals surface area contributed by atoms with E-state index in [1.165, 1.54) is 25.3 Å². The van der Waals surface area contributed by atoms with Crippen LogP contribution < -0.4 is 16.0 Å². The first kappa shape index (κ1) is 20.3. The standard InChI is InChI=1S/C22H29F2N3O2/c1-12(17-3-4-18(23)19(24)8-17)25-13(2)20(28)26-21(29)27-22-9-14-5-15(10-22)7-16(6-14)11-22/h3-4,8,12-16,25H,5-7,9-11H2,1-2H3,(H2,26,27,28,29)/t12-,13+,14?,15?,16?,22?/m1/s1. The van der Waals surface area contributed by atoms with E-state index >= 15 is 0 Å². The molecule has 7 heteroatoms. The summed E-state index contributed by atoms with van der Waals surface area (Å²) in [6.45, 7) is 3.40.